The lowest BCUT2D eigenvalue weighted by Crippen LogP contribution is -2.20. The van der Waals surface area contributed by atoms with E-state index in [1.54, 1.807) is 22.2 Å². The van der Waals surface area contributed by atoms with Gasteiger partial charge in [-0.15, -0.1) is 10.2 Å². The fraction of sp³-hybridized carbons (Fsp3) is 0.211. The minimum absolute atomic E-state index is 0.126. The molecular formula is C19H19N5OS. The van der Waals surface area contributed by atoms with Gasteiger partial charge < -0.3 is 10.4 Å². The number of rotatable bonds is 7. The second-order valence-electron chi connectivity index (χ2n) is 6.17. The van der Waals surface area contributed by atoms with Crippen LogP contribution in [0.5, 0.6) is 0 Å². The number of nitrogens with one attached hydrogen (secondary N) is 1. The van der Waals surface area contributed by atoms with Gasteiger partial charge in [-0.05, 0) is 34.9 Å². The van der Waals surface area contributed by atoms with E-state index in [-0.39, 0.29) is 12.5 Å². The summed E-state index contributed by atoms with van der Waals surface area (Å²) in [5, 5.41) is 30.0. The van der Waals surface area contributed by atoms with Crippen molar-refractivity contribution in [2.75, 3.05) is 18.5 Å². The summed E-state index contributed by atoms with van der Waals surface area (Å²) in [6.07, 6.45) is 2.44. The number of hydrogen-bond donors (Lipinski definition) is 2. The van der Waals surface area contributed by atoms with E-state index in [0.717, 1.165) is 23.4 Å². The maximum atomic E-state index is 9.73. The first-order valence-corrected chi connectivity index (χ1v) is 9.40. The van der Waals surface area contributed by atoms with Gasteiger partial charge in [0.1, 0.15) is 6.33 Å². The van der Waals surface area contributed by atoms with Gasteiger partial charge in [-0.3, -0.25) is 0 Å². The zero-order valence-electron chi connectivity index (χ0n) is 14.1. The van der Waals surface area contributed by atoms with Gasteiger partial charge in [0, 0.05) is 24.6 Å². The van der Waals surface area contributed by atoms with Gasteiger partial charge in [0.05, 0.1) is 11.4 Å². The van der Waals surface area contributed by atoms with Crippen molar-refractivity contribution >= 4 is 22.7 Å². The summed E-state index contributed by atoms with van der Waals surface area (Å²) >= 11 is 1.68. The molecule has 0 aliphatic heterocycles. The number of aromatic nitrogens is 4. The maximum absolute atomic E-state index is 9.73. The Morgan fingerprint density at radius 3 is 2.85 bits per heavy atom. The molecule has 0 amide bonds. The molecule has 4 rings (SSSR count). The first kappa shape index (κ1) is 16.7. The number of nitrogens with zero attached hydrogens (tertiary/aromatic N) is 4. The fourth-order valence-electron chi connectivity index (χ4n) is 2.90. The van der Waals surface area contributed by atoms with Crippen LogP contribution in [0.15, 0.2) is 59.6 Å². The van der Waals surface area contributed by atoms with E-state index in [0.29, 0.717) is 12.2 Å². The van der Waals surface area contributed by atoms with Gasteiger partial charge >= 0.3 is 0 Å². The molecule has 26 heavy (non-hydrogen) atoms. The molecule has 0 bridgehead atoms. The van der Waals surface area contributed by atoms with E-state index >= 15 is 0 Å². The zero-order chi connectivity index (χ0) is 17.8. The van der Waals surface area contributed by atoms with Crippen molar-refractivity contribution in [1.82, 2.24) is 19.8 Å². The Morgan fingerprint density at radius 2 is 2.08 bits per heavy atom. The number of fused-ring (bicyclic) bond motifs is 1. The molecule has 1 atom stereocenters. The number of aliphatic hydroxyl groups is 1. The normalized spacial score (nSPS) is 12.3. The van der Waals surface area contributed by atoms with Gasteiger partial charge in [0.2, 0.25) is 5.65 Å². The summed E-state index contributed by atoms with van der Waals surface area (Å²) in [7, 11) is 0. The van der Waals surface area contributed by atoms with E-state index in [4.69, 9.17) is 0 Å². The molecular weight excluding hydrogens is 346 g/mol. The van der Waals surface area contributed by atoms with E-state index in [2.05, 4.69) is 37.4 Å². The minimum Gasteiger partial charge on any atom is -0.396 e. The smallest absolute Gasteiger partial charge is 0.200 e. The number of anilines is 1. The average molecular weight is 365 g/mol. The van der Waals surface area contributed by atoms with Gasteiger partial charge in [0.15, 0.2) is 0 Å². The Bertz CT molecular complexity index is 968. The molecule has 0 spiro atoms. The number of thiophene rings is 1. The number of aliphatic hydroxyl groups excluding tert-OH is 1. The third-order valence-corrected chi connectivity index (χ3v) is 5.01. The van der Waals surface area contributed by atoms with Crippen molar-refractivity contribution in [3.63, 3.8) is 0 Å². The molecule has 0 saturated heterocycles. The summed E-state index contributed by atoms with van der Waals surface area (Å²) in [4.78, 5) is 0. The Balaban J connectivity index is 1.58. The molecule has 0 saturated carbocycles. The van der Waals surface area contributed by atoms with Crippen molar-refractivity contribution in [2.24, 2.45) is 5.92 Å². The van der Waals surface area contributed by atoms with E-state index < -0.39 is 0 Å². The Labute approximate surface area is 155 Å². The first-order chi connectivity index (χ1) is 12.8. The second-order valence-corrected chi connectivity index (χ2v) is 6.95. The predicted molar refractivity (Wildman–Crippen MR) is 103 cm³/mol. The lowest BCUT2D eigenvalue weighted by molar-refractivity contribution is 0.233. The first-order valence-electron chi connectivity index (χ1n) is 8.46. The molecule has 6 nitrogen and oxygen atoms in total. The monoisotopic (exact) mass is 365 g/mol. The molecule has 132 valence electrons. The van der Waals surface area contributed by atoms with Gasteiger partial charge in [-0.1, -0.05) is 30.3 Å². The number of hydrogen-bond acceptors (Lipinski definition) is 6. The topological polar surface area (TPSA) is 75.3 Å². The van der Waals surface area contributed by atoms with Crippen molar-refractivity contribution in [3.8, 4) is 11.3 Å². The Kier molecular flexibility index (Phi) is 4.90. The van der Waals surface area contributed by atoms with Gasteiger partial charge in [0.25, 0.3) is 0 Å². The molecule has 3 heterocycles. The Morgan fingerprint density at radius 1 is 1.19 bits per heavy atom. The van der Waals surface area contributed by atoms with Crippen molar-refractivity contribution < 1.29 is 5.11 Å². The molecule has 0 aliphatic carbocycles. The zero-order valence-corrected chi connectivity index (χ0v) is 14.9. The molecule has 7 heteroatoms. The van der Waals surface area contributed by atoms with Crippen LogP contribution in [-0.2, 0) is 6.42 Å². The molecule has 3 aromatic heterocycles. The minimum atomic E-state index is 0.126. The van der Waals surface area contributed by atoms with Crippen molar-refractivity contribution in [1.29, 1.82) is 0 Å². The number of benzene rings is 1. The van der Waals surface area contributed by atoms with Crippen LogP contribution < -0.4 is 5.32 Å². The summed E-state index contributed by atoms with van der Waals surface area (Å²) < 4.78 is 1.68. The highest BCUT2D eigenvalue weighted by Gasteiger charge is 2.13. The van der Waals surface area contributed by atoms with Crippen molar-refractivity contribution in [3.05, 3.63) is 65.1 Å². The Hall–Kier alpha value is -2.77. The third-order valence-electron chi connectivity index (χ3n) is 4.28. The quantitative estimate of drug-likeness (QED) is 0.526. The molecule has 0 aliphatic rings. The SMILES string of the molecule is OCC(CNc1cc(-c2ccccc2)nn2cnnc12)Cc1ccsc1. The molecule has 0 fully saturated rings. The van der Waals surface area contributed by atoms with Crippen LogP contribution in [-0.4, -0.2) is 38.1 Å². The van der Waals surface area contributed by atoms with Crippen LogP contribution in [0.4, 0.5) is 5.69 Å². The van der Waals surface area contributed by atoms with Gasteiger partial charge in [-0.2, -0.15) is 21.0 Å². The third kappa shape index (κ3) is 3.58. The second kappa shape index (κ2) is 7.63. The molecule has 1 aromatic carbocycles. The summed E-state index contributed by atoms with van der Waals surface area (Å²) in [5.41, 5.74) is 4.67. The van der Waals surface area contributed by atoms with Crippen molar-refractivity contribution in [2.45, 2.75) is 6.42 Å². The highest BCUT2D eigenvalue weighted by atomic mass is 32.1. The highest BCUT2D eigenvalue weighted by Crippen LogP contribution is 2.23. The summed E-state index contributed by atoms with van der Waals surface area (Å²) in [6.45, 7) is 0.773. The standard InChI is InChI=1S/C19H19N5OS/c25-11-15(8-14-6-7-26-12-14)10-20-18-9-17(16-4-2-1-3-5-16)23-24-13-21-22-19(18)24/h1-7,9,12-13,15,20,25H,8,10-11H2. The maximum Gasteiger partial charge on any atom is 0.200 e. The van der Waals surface area contributed by atoms with Crippen LogP contribution in [0.2, 0.25) is 0 Å². The van der Waals surface area contributed by atoms with E-state index in [1.807, 2.05) is 36.4 Å². The van der Waals surface area contributed by atoms with Crippen LogP contribution in [0.1, 0.15) is 5.56 Å². The lowest BCUT2D eigenvalue weighted by atomic mass is 10.0. The lowest BCUT2D eigenvalue weighted by Gasteiger charge is -2.16. The highest BCUT2D eigenvalue weighted by molar-refractivity contribution is 7.07. The fourth-order valence-corrected chi connectivity index (χ4v) is 3.59. The molecule has 0 radical (unpaired) electrons. The largest absolute Gasteiger partial charge is 0.396 e. The summed E-state index contributed by atoms with van der Waals surface area (Å²) in [6, 6.07) is 14.1. The average Bonchev–Trinajstić information content (AvgIpc) is 3.37. The molecule has 4 aromatic rings. The predicted octanol–water partition coefficient (Wildman–Crippen LogP) is 3.12. The van der Waals surface area contributed by atoms with Crippen LogP contribution >= 0.6 is 11.3 Å². The van der Waals surface area contributed by atoms with Gasteiger partial charge in [-0.25, -0.2) is 0 Å². The van der Waals surface area contributed by atoms with Crippen LogP contribution in [0.3, 0.4) is 0 Å². The molecule has 1 unspecified atom stereocenters. The molecule has 2 N–H and O–H groups in total. The van der Waals surface area contributed by atoms with Crippen LogP contribution in [0, 0.1) is 5.92 Å². The van der Waals surface area contributed by atoms with E-state index in [9.17, 15) is 5.11 Å². The summed E-state index contributed by atoms with van der Waals surface area (Å²) in [5.74, 6) is 0.126. The van der Waals surface area contributed by atoms with Crippen LogP contribution in [0.25, 0.3) is 16.9 Å². The van der Waals surface area contributed by atoms with E-state index in [1.165, 1.54) is 5.56 Å².